The molecule has 0 radical (unpaired) electrons. The zero-order valence-corrected chi connectivity index (χ0v) is 13.9. The average Bonchev–Trinajstić information content (AvgIpc) is 2.95. The van der Waals surface area contributed by atoms with Crippen molar-refractivity contribution in [3.63, 3.8) is 0 Å². The van der Waals surface area contributed by atoms with E-state index in [1.807, 2.05) is 11.1 Å². The Balaban J connectivity index is 1.70. The lowest BCUT2D eigenvalue weighted by molar-refractivity contribution is -0.148. The molecule has 4 atom stereocenters. The van der Waals surface area contributed by atoms with Gasteiger partial charge in [-0.1, -0.05) is 19.3 Å². The molecule has 23 heavy (non-hydrogen) atoms. The molecule has 0 aromatic carbocycles. The average molecular weight is 319 g/mol. The Hall–Kier alpha value is -1.52. The molecule has 0 aromatic rings. The highest BCUT2D eigenvalue weighted by molar-refractivity contribution is 5.75. The molecule has 1 amide bonds. The highest BCUT2D eigenvalue weighted by Gasteiger charge is 2.59. The number of nitrogens with zero attached hydrogens (tertiary/aromatic N) is 1. The Morgan fingerprint density at radius 2 is 2.00 bits per heavy atom. The Morgan fingerprint density at radius 1 is 1.26 bits per heavy atom. The van der Waals surface area contributed by atoms with E-state index in [0.29, 0.717) is 5.92 Å². The van der Waals surface area contributed by atoms with Crippen LogP contribution in [-0.2, 0) is 19.1 Å². The number of carbonyl (C=O) groups is 2. The molecule has 2 aliphatic carbocycles. The van der Waals surface area contributed by atoms with Crippen LogP contribution >= 0.6 is 0 Å². The fourth-order valence-corrected chi connectivity index (χ4v) is 5.44. The molecule has 1 spiro atoms. The van der Waals surface area contributed by atoms with E-state index >= 15 is 0 Å². The van der Waals surface area contributed by atoms with Crippen LogP contribution in [0.15, 0.2) is 12.0 Å². The highest BCUT2D eigenvalue weighted by Crippen LogP contribution is 2.55. The fourth-order valence-electron chi connectivity index (χ4n) is 5.44. The third-order valence-corrected chi connectivity index (χ3v) is 6.21. The molecule has 1 saturated heterocycles. The van der Waals surface area contributed by atoms with Gasteiger partial charge in [-0.25, -0.2) is 0 Å². The van der Waals surface area contributed by atoms with Gasteiger partial charge in [0.2, 0.25) is 5.91 Å². The van der Waals surface area contributed by atoms with Gasteiger partial charge in [0.05, 0.1) is 5.92 Å². The van der Waals surface area contributed by atoms with Crippen molar-refractivity contribution in [3.05, 3.63) is 12.0 Å². The first-order valence-electron chi connectivity index (χ1n) is 8.86. The predicted molar refractivity (Wildman–Crippen MR) is 83.1 cm³/mol. The molecule has 0 unspecified atom stereocenters. The summed E-state index contributed by atoms with van der Waals surface area (Å²) in [6, 6.07) is 0. The second kappa shape index (κ2) is 5.25. The van der Waals surface area contributed by atoms with Crippen LogP contribution in [0.4, 0.5) is 0 Å². The predicted octanol–water partition coefficient (Wildman–Crippen LogP) is 2.75. The number of amides is 1. The maximum absolute atomic E-state index is 12.3. The number of ether oxygens (including phenoxy) is 2. The summed E-state index contributed by atoms with van der Waals surface area (Å²) in [5, 5.41) is 0. The van der Waals surface area contributed by atoms with E-state index < -0.39 is 0 Å². The number of rotatable bonds is 1. The van der Waals surface area contributed by atoms with Gasteiger partial charge in [0.25, 0.3) is 0 Å². The van der Waals surface area contributed by atoms with Crippen molar-refractivity contribution in [2.45, 2.75) is 76.5 Å². The summed E-state index contributed by atoms with van der Waals surface area (Å²) >= 11 is 0. The Morgan fingerprint density at radius 3 is 2.65 bits per heavy atom. The molecule has 0 aromatic heterocycles. The van der Waals surface area contributed by atoms with Crippen molar-refractivity contribution in [2.24, 2.45) is 11.8 Å². The number of carbonyl (C=O) groups excluding carboxylic acids is 2. The molecule has 0 N–H and O–H groups in total. The van der Waals surface area contributed by atoms with Crippen LogP contribution < -0.4 is 0 Å². The lowest BCUT2D eigenvalue weighted by Gasteiger charge is -2.45. The standard InChI is InChI=1S/C18H25NO4/c1-11(20)19-10-15-16-13(9-18(19)6-4-3-5-7-18)8-14(23-15)17(16)22-12(2)21/h10,13-14,16-17H,3-9H2,1-2H3/t13-,14+,16-,17-/m1/s1. The lowest BCUT2D eigenvalue weighted by Crippen LogP contribution is -2.50. The first kappa shape index (κ1) is 15.0. The van der Waals surface area contributed by atoms with Crippen LogP contribution in [0.5, 0.6) is 0 Å². The molecule has 126 valence electrons. The van der Waals surface area contributed by atoms with Crippen LogP contribution in [0.1, 0.15) is 58.8 Å². The normalized spacial score (nSPS) is 37.1. The second-order valence-corrected chi connectivity index (χ2v) is 7.66. The summed E-state index contributed by atoms with van der Waals surface area (Å²) < 4.78 is 11.6. The molecule has 2 saturated carbocycles. The van der Waals surface area contributed by atoms with E-state index in [1.165, 1.54) is 26.2 Å². The number of hydrogen-bond donors (Lipinski definition) is 0. The van der Waals surface area contributed by atoms with Gasteiger partial charge in [-0.05, 0) is 31.6 Å². The summed E-state index contributed by atoms with van der Waals surface area (Å²) in [5.41, 5.74) is -0.0574. The van der Waals surface area contributed by atoms with Gasteiger partial charge in [0.15, 0.2) is 0 Å². The Kier molecular flexibility index (Phi) is 3.43. The summed E-state index contributed by atoms with van der Waals surface area (Å²) in [6.07, 6.45) is 9.45. The minimum absolute atomic E-state index is 0.0345. The van der Waals surface area contributed by atoms with E-state index in [9.17, 15) is 9.59 Å². The smallest absolute Gasteiger partial charge is 0.303 e. The molecule has 4 rings (SSSR count). The summed E-state index contributed by atoms with van der Waals surface area (Å²) in [6.45, 7) is 3.11. The van der Waals surface area contributed by atoms with E-state index in [2.05, 4.69) is 0 Å². The van der Waals surface area contributed by atoms with Crippen LogP contribution in [-0.4, -0.2) is 34.5 Å². The van der Waals surface area contributed by atoms with Gasteiger partial charge in [-0.15, -0.1) is 0 Å². The summed E-state index contributed by atoms with van der Waals surface area (Å²) in [7, 11) is 0. The van der Waals surface area contributed by atoms with E-state index in [1.54, 1.807) is 6.92 Å². The topological polar surface area (TPSA) is 55.8 Å². The summed E-state index contributed by atoms with van der Waals surface area (Å²) in [5.74, 6) is 1.29. The number of esters is 1. The molecular weight excluding hydrogens is 294 g/mol. The summed E-state index contributed by atoms with van der Waals surface area (Å²) in [4.78, 5) is 25.7. The van der Waals surface area contributed by atoms with Gasteiger partial charge in [0, 0.05) is 25.6 Å². The lowest BCUT2D eigenvalue weighted by atomic mass is 9.73. The molecule has 5 nitrogen and oxygen atoms in total. The van der Waals surface area contributed by atoms with Crippen LogP contribution in [0.3, 0.4) is 0 Å². The Labute approximate surface area is 137 Å². The van der Waals surface area contributed by atoms with Gasteiger partial charge in [-0.3, -0.25) is 9.59 Å². The molecular formula is C18H25NO4. The highest BCUT2D eigenvalue weighted by atomic mass is 16.6. The van der Waals surface area contributed by atoms with Crippen molar-refractivity contribution in [1.82, 2.24) is 4.90 Å². The van der Waals surface area contributed by atoms with Crippen molar-refractivity contribution < 1.29 is 19.1 Å². The minimum Gasteiger partial charge on any atom is -0.489 e. The molecule has 3 fully saturated rings. The zero-order chi connectivity index (χ0) is 16.2. The minimum atomic E-state index is -0.245. The van der Waals surface area contributed by atoms with Crippen LogP contribution in [0, 0.1) is 11.8 Å². The van der Waals surface area contributed by atoms with Gasteiger partial charge in [-0.2, -0.15) is 0 Å². The monoisotopic (exact) mass is 319 g/mol. The first-order chi connectivity index (χ1) is 11.0. The van der Waals surface area contributed by atoms with Crippen molar-refractivity contribution >= 4 is 11.9 Å². The van der Waals surface area contributed by atoms with Crippen LogP contribution in [0.2, 0.25) is 0 Å². The quantitative estimate of drug-likeness (QED) is 0.697. The third kappa shape index (κ3) is 2.27. The van der Waals surface area contributed by atoms with Crippen molar-refractivity contribution in [1.29, 1.82) is 0 Å². The zero-order valence-electron chi connectivity index (χ0n) is 13.9. The first-order valence-corrected chi connectivity index (χ1v) is 8.86. The third-order valence-electron chi connectivity index (χ3n) is 6.21. The molecule has 5 heteroatoms. The van der Waals surface area contributed by atoms with E-state index in [0.717, 1.165) is 31.4 Å². The van der Waals surface area contributed by atoms with E-state index in [4.69, 9.17) is 9.47 Å². The van der Waals surface area contributed by atoms with Gasteiger partial charge in [0.1, 0.15) is 18.0 Å². The molecule has 2 aliphatic heterocycles. The number of fused-ring (bicyclic) bond motifs is 1. The van der Waals surface area contributed by atoms with Crippen molar-refractivity contribution in [3.8, 4) is 0 Å². The molecule has 4 aliphatic rings. The SMILES string of the molecule is CC(=O)O[C@H]1[C@H]2C3=CN(C(C)=O)C4(CCCCC4)C[C@H]2C[C@@H]1O3. The maximum atomic E-state index is 12.3. The maximum Gasteiger partial charge on any atom is 0.303 e. The van der Waals surface area contributed by atoms with E-state index in [-0.39, 0.29) is 35.5 Å². The fraction of sp³-hybridized carbons (Fsp3) is 0.778. The number of hydrogen-bond acceptors (Lipinski definition) is 4. The van der Waals surface area contributed by atoms with Gasteiger partial charge >= 0.3 is 5.97 Å². The van der Waals surface area contributed by atoms with Crippen molar-refractivity contribution in [2.75, 3.05) is 0 Å². The largest absolute Gasteiger partial charge is 0.489 e. The van der Waals surface area contributed by atoms with Crippen LogP contribution in [0.25, 0.3) is 0 Å². The van der Waals surface area contributed by atoms with Gasteiger partial charge < -0.3 is 14.4 Å². The Bertz CT molecular complexity index is 563. The second-order valence-electron chi connectivity index (χ2n) is 7.66. The molecule has 2 heterocycles. The molecule has 2 bridgehead atoms.